The van der Waals surface area contributed by atoms with E-state index in [-0.39, 0.29) is 11.2 Å². The zero-order valence-electron chi connectivity index (χ0n) is 10.3. The lowest BCUT2D eigenvalue weighted by Crippen LogP contribution is -2.13. The van der Waals surface area contributed by atoms with Gasteiger partial charge in [-0.3, -0.25) is 14.9 Å². The van der Waals surface area contributed by atoms with Crippen molar-refractivity contribution in [2.45, 2.75) is 23.9 Å². The number of H-pyrrole nitrogens is 1. The molecule has 0 spiro atoms. The molecule has 0 amide bonds. The molecule has 1 aromatic heterocycles. The second-order valence-corrected chi connectivity index (χ2v) is 5.00. The van der Waals surface area contributed by atoms with E-state index in [0.717, 1.165) is 4.90 Å². The molecule has 1 heterocycles. The quantitative estimate of drug-likeness (QED) is 0.529. The molecule has 98 valence electrons. The molecule has 0 aliphatic heterocycles. The molecule has 0 atom stereocenters. The molecule has 0 saturated heterocycles. The highest BCUT2D eigenvalue weighted by molar-refractivity contribution is 7.99. The highest BCUT2D eigenvalue weighted by Gasteiger charge is 2.07. The summed E-state index contributed by atoms with van der Waals surface area (Å²) in [6, 6.07) is 6.08. The van der Waals surface area contributed by atoms with E-state index >= 15 is 0 Å². The van der Waals surface area contributed by atoms with E-state index < -0.39 is 4.92 Å². The summed E-state index contributed by atoms with van der Waals surface area (Å²) in [6.07, 6.45) is 0. The molecule has 2 rings (SSSR count). The third-order valence-corrected chi connectivity index (χ3v) is 3.53. The zero-order chi connectivity index (χ0) is 14.0. The molecular formula is C12H11N3O3S. The second kappa shape index (κ2) is 5.23. The predicted molar refractivity (Wildman–Crippen MR) is 71.6 cm³/mol. The summed E-state index contributed by atoms with van der Waals surface area (Å²) in [5, 5.41) is 11.0. The standard InChI is InChI=1S/C12H11N3O3S/c1-7-8(2)13-12(14-11(7)16)19-10-5-3-9(4-6-10)15(17)18/h3-6H,1-2H3,(H,13,14,16). The normalized spacial score (nSPS) is 10.4. The average Bonchev–Trinajstić information content (AvgIpc) is 2.36. The van der Waals surface area contributed by atoms with Gasteiger partial charge in [-0.1, -0.05) is 11.8 Å². The molecule has 0 saturated carbocycles. The lowest BCUT2D eigenvalue weighted by molar-refractivity contribution is -0.384. The minimum absolute atomic E-state index is 0.0332. The van der Waals surface area contributed by atoms with Crippen molar-refractivity contribution in [1.29, 1.82) is 0 Å². The van der Waals surface area contributed by atoms with Gasteiger partial charge < -0.3 is 4.98 Å². The predicted octanol–water partition coefficient (Wildman–Crippen LogP) is 2.45. The van der Waals surface area contributed by atoms with E-state index in [1.165, 1.54) is 23.9 Å². The van der Waals surface area contributed by atoms with Crippen LogP contribution in [-0.2, 0) is 0 Å². The summed E-state index contributed by atoms with van der Waals surface area (Å²) >= 11 is 1.26. The minimum atomic E-state index is -0.454. The molecule has 0 unspecified atom stereocenters. The highest BCUT2D eigenvalue weighted by atomic mass is 32.2. The number of nitrogens with one attached hydrogen (secondary N) is 1. The van der Waals surface area contributed by atoms with Crippen LogP contribution in [0.4, 0.5) is 5.69 Å². The van der Waals surface area contributed by atoms with Crippen molar-refractivity contribution in [2.24, 2.45) is 0 Å². The molecule has 7 heteroatoms. The van der Waals surface area contributed by atoms with Gasteiger partial charge in [-0.15, -0.1) is 0 Å². The third kappa shape index (κ3) is 3.00. The van der Waals surface area contributed by atoms with Gasteiger partial charge >= 0.3 is 0 Å². The summed E-state index contributed by atoms with van der Waals surface area (Å²) in [4.78, 5) is 29.4. The number of nitro groups is 1. The Labute approximate surface area is 113 Å². The first kappa shape index (κ1) is 13.3. The Bertz CT molecular complexity index is 680. The highest BCUT2D eigenvalue weighted by Crippen LogP contribution is 2.25. The maximum atomic E-state index is 11.6. The Balaban J connectivity index is 2.26. The SMILES string of the molecule is Cc1nc(Sc2ccc([N+](=O)[O-])cc2)[nH]c(=O)c1C. The summed E-state index contributed by atoms with van der Waals surface area (Å²) in [6.45, 7) is 3.48. The fourth-order valence-electron chi connectivity index (χ4n) is 1.42. The Morgan fingerprint density at radius 1 is 1.26 bits per heavy atom. The van der Waals surface area contributed by atoms with Gasteiger partial charge in [0, 0.05) is 28.3 Å². The van der Waals surface area contributed by atoms with Gasteiger partial charge in [-0.25, -0.2) is 4.98 Å². The number of aromatic amines is 1. The van der Waals surface area contributed by atoms with Crippen molar-refractivity contribution in [3.05, 3.63) is 56.0 Å². The van der Waals surface area contributed by atoms with Crippen molar-refractivity contribution in [3.63, 3.8) is 0 Å². The van der Waals surface area contributed by atoms with Gasteiger partial charge in [0.1, 0.15) is 0 Å². The first-order valence-corrected chi connectivity index (χ1v) is 6.29. The van der Waals surface area contributed by atoms with E-state index in [1.807, 2.05) is 0 Å². The molecule has 19 heavy (non-hydrogen) atoms. The molecule has 1 aromatic carbocycles. The van der Waals surface area contributed by atoms with Crippen molar-refractivity contribution in [2.75, 3.05) is 0 Å². The van der Waals surface area contributed by atoms with Crippen molar-refractivity contribution in [1.82, 2.24) is 9.97 Å². The first-order chi connectivity index (χ1) is 8.97. The minimum Gasteiger partial charge on any atom is -0.301 e. The van der Waals surface area contributed by atoms with E-state index in [1.54, 1.807) is 26.0 Å². The molecule has 0 bridgehead atoms. The van der Waals surface area contributed by atoms with Crippen LogP contribution in [0.5, 0.6) is 0 Å². The monoisotopic (exact) mass is 277 g/mol. The topological polar surface area (TPSA) is 88.9 Å². The van der Waals surface area contributed by atoms with Gasteiger partial charge in [-0.05, 0) is 26.0 Å². The summed E-state index contributed by atoms with van der Waals surface area (Å²) in [7, 11) is 0. The van der Waals surface area contributed by atoms with Crippen LogP contribution in [0.25, 0.3) is 0 Å². The van der Waals surface area contributed by atoms with Crippen LogP contribution < -0.4 is 5.56 Å². The number of hydrogen-bond donors (Lipinski definition) is 1. The molecule has 1 N–H and O–H groups in total. The summed E-state index contributed by atoms with van der Waals surface area (Å²) in [5.41, 5.74) is 1.13. The Kier molecular flexibility index (Phi) is 3.66. The molecule has 0 radical (unpaired) electrons. The number of aryl methyl sites for hydroxylation is 1. The Hall–Kier alpha value is -2.15. The van der Waals surface area contributed by atoms with Crippen LogP contribution >= 0.6 is 11.8 Å². The smallest absolute Gasteiger partial charge is 0.269 e. The third-order valence-electron chi connectivity index (χ3n) is 2.64. The van der Waals surface area contributed by atoms with Crippen LogP contribution in [0.15, 0.2) is 39.1 Å². The number of aromatic nitrogens is 2. The molecule has 2 aromatic rings. The van der Waals surface area contributed by atoms with Gasteiger partial charge in [-0.2, -0.15) is 0 Å². The van der Waals surface area contributed by atoms with Crippen LogP contribution in [0.2, 0.25) is 0 Å². The Morgan fingerprint density at radius 3 is 2.42 bits per heavy atom. The number of hydrogen-bond acceptors (Lipinski definition) is 5. The molecule has 0 fully saturated rings. The number of non-ortho nitro benzene ring substituents is 1. The second-order valence-electron chi connectivity index (χ2n) is 3.93. The molecule has 0 aliphatic rings. The van der Waals surface area contributed by atoms with Crippen LogP contribution in [0, 0.1) is 24.0 Å². The number of rotatable bonds is 3. The van der Waals surface area contributed by atoms with E-state index in [4.69, 9.17) is 0 Å². The number of nitro benzene ring substituents is 1. The first-order valence-electron chi connectivity index (χ1n) is 5.47. The zero-order valence-corrected chi connectivity index (χ0v) is 11.2. The maximum absolute atomic E-state index is 11.6. The number of nitrogens with zero attached hydrogens (tertiary/aromatic N) is 2. The van der Waals surface area contributed by atoms with Gasteiger partial charge in [0.05, 0.1) is 4.92 Å². The fraction of sp³-hybridized carbons (Fsp3) is 0.167. The van der Waals surface area contributed by atoms with Gasteiger partial charge in [0.2, 0.25) is 0 Å². The Morgan fingerprint density at radius 2 is 1.89 bits per heavy atom. The summed E-state index contributed by atoms with van der Waals surface area (Å²) in [5.74, 6) is 0. The lowest BCUT2D eigenvalue weighted by Gasteiger charge is -2.03. The van der Waals surface area contributed by atoms with E-state index in [0.29, 0.717) is 16.4 Å². The molecule has 0 aliphatic carbocycles. The van der Waals surface area contributed by atoms with Gasteiger partial charge in [0.25, 0.3) is 11.2 Å². The average molecular weight is 277 g/mol. The van der Waals surface area contributed by atoms with Crippen LogP contribution in [0.1, 0.15) is 11.3 Å². The number of benzene rings is 1. The van der Waals surface area contributed by atoms with Crippen molar-refractivity contribution < 1.29 is 4.92 Å². The van der Waals surface area contributed by atoms with Crippen LogP contribution in [0.3, 0.4) is 0 Å². The molecule has 6 nitrogen and oxygen atoms in total. The van der Waals surface area contributed by atoms with Crippen molar-refractivity contribution in [3.8, 4) is 0 Å². The van der Waals surface area contributed by atoms with Crippen molar-refractivity contribution >= 4 is 17.4 Å². The maximum Gasteiger partial charge on any atom is 0.269 e. The molecular weight excluding hydrogens is 266 g/mol. The van der Waals surface area contributed by atoms with Gasteiger partial charge in [0.15, 0.2) is 5.16 Å². The van der Waals surface area contributed by atoms with E-state index in [2.05, 4.69) is 9.97 Å². The fourth-order valence-corrected chi connectivity index (χ4v) is 2.24. The lowest BCUT2D eigenvalue weighted by atomic mass is 10.3. The largest absolute Gasteiger partial charge is 0.301 e. The van der Waals surface area contributed by atoms with E-state index in [9.17, 15) is 14.9 Å². The van der Waals surface area contributed by atoms with Crippen LogP contribution in [-0.4, -0.2) is 14.9 Å². The summed E-state index contributed by atoms with van der Waals surface area (Å²) < 4.78 is 0.